The average Bonchev–Trinajstić information content (AvgIpc) is 3.67. The molecular formula is C43H26N2S. The van der Waals surface area contributed by atoms with Crippen LogP contribution in [0.4, 0.5) is 0 Å². The maximum atomic E-state index is 5.33. The fourth-order valence-electron chi connectivity index (χ4n) is 7.39. The summed E-state index contributed by atoms with van der Waals surface area (Å²) in [6.07, 6.45) is 0. The molecule has 214 valence electrons. The number of hydrogen-bond acceptors (Lipinski definition) is 2. The van der Waals surface area contributed by atoms with Crippen molar-refractivity contribution < 1.29 is 0 Å². The number of para-hydroxylation sites is 3. The molecule has 10 aromatic rings. The quantitative estimate of drug-likeness (QED) is 0.184. The van der Waals surface area contributed by atoms with Gasteiger partial charge in [-0.1, -0.05) is 115 Å². The Hall–Kier alpha value is -5.77. The van der Waals surface area contributed by atoms with E-state index in [1.165, 1.54) is 75.0 Å². The van der Waals surface area contributed by atoms with E-state index in [1.54, 1.807) is 0 Å². The fraction of sp³-hybridized carbons (Fsp3) is 0. The van der Waals surface area contributed by atoms with Gasteiger partial charge in [-0.3, -0.25) is 0 Å². The van der Waals surface area contributed by atoms with Crippen LogP contribution >= 0.6 is 11.3 Å². The second-order valence-corrected chi connectivity index (χ2v) is 13.0. The van der Waals surface area contributed by atoms with Crippen molar-refractivity contribution in [2.75, 3.05) is 0 Å². The van der Waals surface area contributed by atoms with E-state index in [0.717, 1.165) is 16.8 Å². The molecule has 0 saturated heterocycles. The lowest BCUT2D eigenvalue weighted by Crippen LogP contribution is -1.97. The zero-order valence-electron chi connectivity index (χ0n) is 24.8. The molecule has 0 saturated carbocycles. The summed E-state index contributed by atoms with van der Waals surface area (Å²) in [4.78, 5) is 5.33. The molecule has 0 atom stereocenters. The Balaban J connectivity index is 1.31. The first-order chi connectivity index (χ1) is 22.8. The summed E-state index contributed by atoms with van der Waals surface area (Å²) < 4.78 is 5.03. The van der Waals surface area contributed by atoms with Crippen LogP contribution in [0.3, 0.4) is 0 Å². The molecule has 3 heterocycles. The number of pyridine rings is 1. The number of fused-ring (bicyclic) bond motifs is 10. The molecule has 2 nitrogen and oxygen atoms in total. The molecule has 10 rings (SSSR count). The molecular weight excluding hydrogens is 577 g/mol. The number of rotatable bonds is 3. The molecule has 0 fully saturated rings. The van der Waals surface area contributed by atoms with E-state index in [9.17, 15) is 0 Å². The minimum Gasteiger partial charge on any atom is -0.309 e. The van der Waals surface area contributed by atoms with Gasteiger partial charge in [0.05, 0.1) is 27.9 Å². The highest BCUT2D eigenvalue weighted by Crippen LogP contribution is 2.44. The third-order valence-corrected chi connectivity index (χ3v) is 10.5. The maximum absolute atomic E-state index is 5.33. The second-order valence-electron chi connectivity index (χ2n) is 11.9. The van der Waals surface area contributed by atoms with Crippen LogP contribution in [0.1, 0.15) is 0 Å². The van der Waals surface area contributed by atoms with E-state index < -0.39 is 0 Å². The van der Waals surface area contributed by atoms with Gasteiger partial charge < -0.3 is 4.57 Å². The molecule has 0 bridgehead atoms. The van der Waals surface area contributed by atoms with Gasteiger partial charge in [-0.15, -0.1) is 11.3 Å². The zero-order chi connectivity index (χ0) is 30.2. The Morgan fingerprint density at radius 3 is 1.91 bits per heavy atom. The molecule has 3 aromatic heterocycles. The number of aromatic nitrogens is 2. The van der Waals surface area contributed by atoms with E-state index in [1.807, 2.05) is 11.3 Å². The zero-order valence-corrected chi connectivity index (χ0v) is 25.6. The van der Waals surface area contributed by atoms with Gasteiger partial charge in [0.1, 0.15) is 0 Å². The van der Waals surface area contributed by atoms with Crippen LogP contribution in [0.25, 0.3) is 91.7 Å². The predicted octanol–water partition coefficient (Wildman–Crippen LogP) is 12.2. The maximum Gasteiger partial charge on any atom is 0.0788 e. The lowest BCUT2D eigenvalue weighted by molar-refractivity contribution is 1.18. The van der Waals surface area contributed by atoms with Crippen LogP contribution in [0, 0.1) is 0 Å². The lowest BCUT2D eigenvalue weighted by atomic mass is 9.94. The van der Waals surface area contributed by atoms with Crippen LogP contribution in [0.5, 0.6) is 0 Å². The first-order valence-corrected chi connectivity index (χ1v) is 16.5. The monoisotopic (exact) mass is 602 g/mol. The Morgan fingerprint density at radius 1 is 0.435 bits per heavy atom. The van der Waals surface area contributed by atoms with E-state index >= 15 is 0 Å². The third-order valence-electron chi connectivity index (χ3n) is 9.38. The number of hydrogen-bond donors (Lipinski definition) is 0. The standard InChI is InChI=1S/C43H26N2S/c1-2-12-27(13-3-1)43-33-23-25-40-42(32-17-7-11-21-39(32)46-40)41(33)34-26-28(22-24-35(34)44-43)29-14-4-8-18-36(29)45-37-19-9-5-15-30(37)31-16-6-10-20-38(31)45/h1-26H. The van der Waals surface area contributed by atoms with Crippen LogP contribution in [0.2, 0.25) is 0 Å². The summed E-state index contributed by atoms with van der Waals surface area (Å²) in [6.45, 7) is 0. The van der Waals surface area contributed by atoms with Crippen molar-refractivity contribution in [3.63, 3.8) is 0 Å². The van der Waals surface area contributed by atoms with Crippen LogP contribution in [0.15, 0.2) is 158 Å². The van der Waals surface area contributed by atoms with Crippen molar-refractivity contribution >= 4 is 75.0 Å². The predicted molar refractivity (Wildman–Crippen MR) is 197 cm³/mol. The van der Waals surface area contributed by atoms with Crippen LogP contribution < -0.4 is 0 Å². The number of nitrogens with zero attached hydrogens (tertiary/aromatic N) is 2. The van der Waals surface area contributed by atoms with Gasteiger partial charge >= 0.3 is 0 Å². The second kappa shape index (κ2) is 9.87. The normalized spacial score (nSPS) is 11.9. The van der Waals surface area contributed by atoms with Crippen molar-refractivity contribution in [3.05, 3.63) is 158 Å². The Bertz CT molecular complexity index is 2750. The van der Waals surface area contributed by atoms with Gasteiger partial charge in [-0.25, -0.2) is 4.98 Å². The Labute approximate surface area is 269 Å². The topological polar surface area (TPSA) is 17.8 Å². The molecule has 0 unspecified atom stereocenters. The van der Waals surface area contributed by atoms with E-state index in [0.29, 0.717) is 0 Å². The highest BCUT2D eigenvalue weighted by atomic mass is 32.1. The van der Waals surface area contributed by atoms with Crippen molar-refractivity contribution in [2.24, 2.45) is 0 Å². The molecule has 3 heteroatoms. The molecule has 7 aromatic carbocycles. The molecule has 0 spiro atoms. The highest BCUT2D eigenvalue weighted by molar-refractivity contribution is 7.26. The molecule has 0 aliphatic carbocycles. The van der Waals surface area contributed by atoms with Crippen molar-refractivity contribution in [1.29, 1.82) is 0 Å². The van der Waals surface area contributed by atoms with Gasteiger partial charge in [0.2, 0.25) is 0 Å². The van der Waals surface area contributed by atoms with E-state index in [-0.39, 0.29) is 0 Å². The van der Waals surface area contributed by atoms with E-state index in [4.69, 9.17) is 4.98 Å². The first-order valence-electron chi connectivity index (χ1n) is 15.6. The lowest BCUT2D eigenvalue weighted by Gasteiger charge is -2.16. The van der Waals surface area contributed by atoms with Gasteiger partial charge in [0.25, 0.3) is 0 Å². The third kappa shape index (κ3) is 3.67. The number of thiophene rings is 1. The highest BCUT2D eigenvalue weighted by Gasteiger charge is 2.19. The minimum atomic E-state index is 1.01. The smallest absolute Gasteiger partial charge is 0.0788 e. The molecule has 0 amide bonds. The summed E-state index contributed by atoms with van der Waals surface area (Å²) in [5, 5.41) is 8.78. The number of benzene rings is 7. The molecule has 0 N–H and O–H groups in total. The van der Waals surface area contributed by atoms with Crippen molar-refractivity contribution in [1.82, 2.24) is 9.55 Å². The largest absolute Gasteiger partial charge is 0.309 e. The van der Waals surface area contributed by atoms with Crippen LogP contribution in [-0.4, -0.2) is 9.55 Å². The average molecular weight is 603 g/mol. The fourth-order valence-corrected chi connectivity index (χ4v) is 8.50. The van der Waals surface area contributed by atoms with Gasteiger partial charge in [-0.2, -0.15) is 0 Å². The summed E-state index contributed by atoms with van der Waals surface area (Å²) >= 11 is 1.87. The first kappa shape index (κ1) is 25.5. The summed E-state index contributed by atoms with van der Waals surface area (Å²) in [5.74, 6) is 0. The summed E-state index contributed by atoms with van der Waals surface area (Å²) in [5.41, 5.74) is 9.13. The Kier molecular flexibility index (Phi) is 5.48. The molecule has 0 aliphatic rings. The summed E-state index contributed by atoms with van der Waals surface area (Å²) in [6, 6.07) is 57.0. The van der Waals surface area contributed by atoms with Crippen LogP contribution in [-0.2, 0) is 0 Å². The Morgan fingerprint density at radius 2 is 1.11 bits per heavy atom. The SMILES string of the molecule is c1ccc(-c2nc3ccc(-c4ccccc4-n4c5ccccc5c5ccccc54)cc3c3c2ccc2sc4ccccc4c23)cc1. The van der Waals surface area contributed by atoms with Gasteiger partial charge in [0.15, 0.2) is 0 Å². The summed E-state index contributed by atoms with van der Waals surface area (Å²) in [7, 11) is 0. The molecule has 46 heavy (non-hydrogen) atoms. The van der Waals surface area contributed by atoms with E-state index in [2.05, 4.69) is 162 Å². The van der Waals surface area contributed by atoms with Crippen molar-refractivity contribution in [3.8, 4) is 28.1 Å². The molecule has 0 aliphatic heterocycles. The van der Waals surface area contributed by atoms with Gasteiger partial charge in [0, 0.05) is 58.2 Å². The van der Waals surface area contributed by atoms with Crippen molar-refractivity contribution in [2.45, 2.75) is 0 Å². The minimum absolute atomic E-state index is 1.01. The van der Waals surface area contributed by atoms with Gasteiger partial charge in [-0.05, 0) is 48.0 Å². The molecule has 0 radical (unpaired) electrons.